The van der Waals surface area contributed by atoms with Crippen LogP contribution in [0, 0.1) is 13.8 Å². The Morgan fingerprint density at radius 1 is 0.925 bits per heavy atom. The minimum absolute atomic E-state index is 0.109. The van der Waals surface area contributed by atoms with Crippen LogP contribution in [-0.2, 0) is 22.4 Å². The van der Waals surface area contributed by atoms with E-state index in [1.54, 1.807) is 11.1 Å². The highest BCUT2D eigenvalue weighted by Crippen LogP contribution is 2.22. The number of para-hydroxylation sites is 1. The van der Waals surface area contributed by atoms with Crippen LogP contribution in [-0.4, -0.2) is 50.9 Å². The predicted octanol–water partition coefficient (Wildman–Crippen LogP) is 5.45. The van der Waals surface area contributed by atoms with Crippen LogP contribution < -0.4 is 5.32 Å². The zero-order chi connectivity index (χ0) is 28.8. The molecule has 3 atom stereocenters. The molecule has 0 spiro atoms. The van der Waals surface area contributed by atoms with Crippen molar-refractivity contribution >= 4 is 28.7 Å². The van der Waals surface area contributed by atoms with Gasteiger partial charge in [-0.3, -0.25) is 9.59 Å². The highest BCUT2D eigenvalue weighted by Gasteiger charge is 2.36. The van der Waals surface area contributed by atoms with Crippen LogP contribution in [0.25, 0.3) is 10.9 Å². The third-order valence-electron chi connectivity index (χ3n) is 7.39. The molecular weight excluding hydrogens is 502 g/mol. The van der Waals surface area contributed by atoms with Gasteiger partial charge in [-0.15, -0.1) is 0 Å². The molecule has 2 amide bonds. The number of amides is 2. The van der Waals surface area contributed by atoms with Crippen molar-refractivity contribution < 1.29 is 19.5 Å². The van der Waals surface area contributed by atoms with Gasteiger partial charge in [0.05, 0.1) is 0 Å². The molecule has 0 aliphatic carbocycles. The fourth-order valence-corrected chi connectivity index (χ4v) is 5.24. The molecule has 0 aliphatic rings. The van der Waals surface area contributed by atoms with Crippen LogP contribution >= 0.6 is 0 Å². The highest BCUT2D eigenvalue weighted by atomic mass is 16.4. The van der Waals surface area contributed by atoms with E-state index in [-0.39, 0.29) is 24.8 Å². The van der Waals surface area contributed by atoms with E-state index in [4.69, 9.17) is 0 Å². The molecule has 7 nitrogen and oxygen atoms in total. The Morgan fingerprint density at radius 3 is 2.23 bits per heavy atom. The number of nitrogens with one attached hydrogen (secondary N) is 2. The summed E-state index contributed by atoms with van der Waals surface area (Å²) in [4.78, 5) is 45.2. The summed E-state index contributed by atoms with van der Waals surface area (Å²) in [6.45, 7) is 7.77. The number of nitrogens with zero attached hydrogens (tertiary/aromatic N) is 1. The Bertz CT molecular complexity index is 1470. The number of H-pyrrole nitrogens is 1. The largest absolute Gasteiger partial charge is 0.480 e. The molecular formula is C33H37N3O4. The van der Waals surface area contributed by atoms with E-state index < -0.39 is 24.0 Å². The average molecular weight is 540 g/mol. The van der Waals surface area contributed by atoms with E-state index in [1.807, 2.05) is 100 Å². The van der Waals surface area contributed by atoms with Crippen LogP contribution in [0.5, 0.6) is 0 Å². The SMILES string of the molecule is CCC(C)N(C(=O)c1cc(C)cc(C)c1)[C@H](Cc1ccccc1)C(=O)N[C@@H](Cc1c[nH]c2ccccc12)C(=O)O. The Labute approximate surface area is 235 Å². The Balaban J connectivity index is 1.69. The maximum atomic E-state index is 14.0. The van der Waals surface area contributed by atoms with Crippen LogP contribution in [0.1, 0.15) is 52.9 Å². The molecule has 0 aliphatic heterocycles. The van der Waals surface area contributed by atoms with Gasteiger partial charge in [-0.05, 0) is 56.5 Å². The van der Waals surface area contributed by atoms with Crippen molar-refractivity contribution in [1.29, 1.82) is 0 Å². The van der Waals surface area contributed by atoms with Crippen LogP contribution in [0.3, 0.4) is 0 Å². The number of hydrogen-bond acceptors (Lipinski definition) is 3. The molecule has 40 heavy (non-hydrogen) atoms. The predicted molar refractivity (Wildman–Crippen MR) is 157 cm³/mol. The van der Waals surface area contributed by atoms with Gasteiger partial charge in [0.1, 0.15) is 12.1 Å². The Morgan fingerprint density at radius 2 is 1.57 bits per heavy atom. The van der Waals surface area contributed by atoms with E-state index >= 15 is 0 Å². The molecule has 1 unspecified atom stereocenters. The summed E-state index contributed by atoms with van der Waals surface area (Å²) in [6.07, 6.45) is 2.78. The van der Waals surface area contributed by atoms with Gasteiger partial charge < -0.3 is 20.3 Å². The summed E-state index contributed by atoms with van der Waals surface area (Å²) in [5, 5.41) is 13.8. The molecule has 7 heteroatoms. The molecule has 3 N–H and O–H groups in total. The maximum Gasteiger partial charge on any atom is 0.326 e. The van der Waals surface area contributed by atoms with Crippen molar-refractivity contribution in [3.8, 4) is 0 Å². The Hall–Kier alpha value is -4.39. The zero-order valence-corrected chi connectivity index (χ0v) is 23.5. The van der Waals surface area contributed by atoms with E-state index in [1.165, 1.54) is 0 Å². The molecule has 4 aromatic rings. The monoisotopic (exact) mass is 539 g/mol. The minimum atomic E-state index is -1.17. The minimum Gasteiger partial charge on any atom is -0.480 e. The molecule has 0 bridgehead atoms. The van der Waals surface area contributed by atoms with Gasteiger partial charge in [0.25, 0.3) is 5.91 Å². The van der Waals surface area contributed by atoms with Crippen molar-refractivity contribution in [2.24, 2.45) is 0 Å². The van der Waals surface area contributed by atoms with Gasteiger partial charge in [-0.25, -0.2) is 4.79 Å². The number of aromatic amines is 1. The second-order valence-electron chi connectivity index (χ2n) is 10.5. The fourth-order valence-electron chi connectivity index (χ4n) is 5.24. The third kappa shape index (κ3) is 6.60. The normalized spacial score (nSPS) is 13.4. The first-order chi connectivity index (χ1) is 19.2. The number of carboxylic acid groups (broad SMARTS) is 1. The highest BCUT2D eigenvalue weighted by molar-refractivity contribution is 5.99. The molecule has 0 fully saturated rings. The lowest BCUT2D eigenvalue weighted by Crippen LogP contribution is -2.57. The Kier molecular flexibility index (Phi) is 9.04. The van der Waals surface area contributed by atoms with Gasteiger partial charge in [0.2, 0.25) is 5.91 Å². The lowest BCUT2D eigenvalue weighted by atomic mass is 9.98. The second-order valence-corrected chi connectivity index (χ2v) is 10.5. The van der Waals surface area contributed by atoms with Crippen molar-refractivity contribution in [2.45, 2.75) is 65.1 Å². The molecule has 0 saturated heterocycles. The molecule has 3 aromatic carbocycles. The summed E-state index contributed by atoms with van der Waals surface area (Å²) in [5.41, 5.74) is 5.01. The van der Waals surface area contributed by atoms with Crippen LogP contribution in [0.2, 0.25) is 0 Å². The topological polar surface area (TPSA) is 103 Å². The lowest BCUT2D eigenvalue weighted by molar-refractivity contribution is -0.142. The van der Waals surface area contributed by atoms with E-state index in [0.717, 1.165) is 33.2 Å². The van der Waals surface area contributed by atoms with Gasteiger partial charge in [-0.1, -0.05) is 72.6 Å². The number of fused-ring (bicyclic) bond motifs is 1. The number of carboxylic acids is 1. The maximum absolute atomic E-state index is 14.0. The number of carbonyl (C=O) groups is 3. The van der Waals surface area contributed by atoms with Crippen molar-refractivity contribution in [2.75, 3.05) is 0 Å². The van der Waals surface area contributed by atoms with Gasteiger partial charge in [0.15, 0.2) is 0 Å². The van der Waals surface area contributed by atoms with Crippen LogP contribution in [0.15, 0.2) is 79.0 Å². The second kappa shape index (κ2) is 12.6. The van der Waals surface area contributed by atoms with Gasteiger partial charge >= 0.3 is 5.97 Å². The molecule has 4 rings (SSSR count). The quantitative estimate of drug-likeness (QED) is 0.236. The standard InChI is InChI=1S/C33H37N3O4/c1-5-23(4)36(32(38)25-16-21(2)15-22(3)17-25)30(18-24-11-7-6-8-12-24)31(37)35-29(33(39)40)19-26-20-34-28-14-10-9-13-27(26)28/h6-17,20,23,29-30,34H,5,18-19H2,1-4H3,(H,35,37)(H,39,40)/t23?,29-,30+/m0/s1. The number of aryl methyl sites for hydroxylation is 2. The van der Waals surface area contributed by atoms with Crippen molar-refractivity contribution in [1.82, 2.24) is 15.2 Å². The van der Waals surface area contributed by atoms with Gasteiger partial charge in [-0.2, -0.15) is 0 Å². The van der Waals surface area contributed by atoms with E-state index in [9.17, 15) is 19.5 Å². The third-order valence-corrected chi connectivity index (χ3v) is 7.39. The van der Waals surface area contributed by atoms with E-state index in [0.29, 0.717) is 12.0 Å². The summed E-state index contributed by atoms with van der Waals surface area (Å²) in [7, 11) is 0. The molecule has 1 heterocycles. The lowest BCUT2D eigenvalue weighted by Gasteiger charge is -2.36. The number of aromatic nitrogens is 1. The number of rotatable bonds is 11. The average Bonchev–Trinajstić information content (AvgIpc) is 3.34. The molecule has 208 valence electrons. The van der Waals surface area contributed by atoms with Crippen LogP contribution in [0.4, 0.5) is 0 Å². The first kappa shape index (κ1) is 28.6. The fraction of sp³-hybridized carbons (Fsp3) is 0.303. The number of hydrogen-bond donors (Lipinski definition) is 3. The molecule has 0 radical (unpaired) electrons. The number of benzene rings is 3. The first-order valence-electron chi connectivity index (χ1n) is 13.7. The number of carbonyl (C=O) groups excluding carboxylic acids is 2. The number of aliphatic carboxylic acids is 1. The smallest absolute Gasteiger partial charge is 0.326 e. The summed E-state index contributed by atoms with van der Waals surface area (Å²) in [5.74, 6) is -1.87. The first-order valence-corrected chi connectivity index (χ1v) is 13.7. The summed E-state index contributed by atoms with van der Waals surface area (Å²) >= 11 is 0. The molecule has 0 saturated carbocycles. The van der Waals surface area contributed by atoms with Gasteiger partial charge in [0, 0.05) is 41.5 Å². The van der Waals surface area contributed by atoms with Crippen molar-refractivity contribution in [3.63, 3.8) is 0 Å². The van der Waals surface area contributed by atoms with Crippen molar-refractivity contribution in [3.05, 3.63) is 107 Å². The molecule has 1 aromatic heterocycles. The van der Waals surface area contributed by atoms with E-state index in [2.05, 4.69) is 10.3 Å². The summed E-state index contributed by atoms with van der Waals surface area (Å²) in [6, 6.07) is 20.5. The zero-order valence-electron chi connectivity index (χ0n) is 23.5. The summed E-state index contributed by atoms with van der Waals surface area (Å²) < 4.78 is 0.